The van der Waals surface area contributed by atoms with Crippen LogP contribution in [0, 0.1) is 5.92 Å². The number of piperidine rings is 1. The van der Waals surface area contributed by atoms with Gasteiger partial charge in [-0.05, 0) is 44.0 Å². The third-order valence-electron chi connectivity index (χ3n) is 5.33. The van der Waals surface area contributed by atoms with Crippen LogP contribution in [-0.2, 0) is 4.79 Å². The van der Waals surface area contributed by atoms with E-state index in [4.69, 9.17) is 4.42 Å². The molecule has 2 aromatic carbocycles. The van der Waals surface area contributed by atoms with Crippen LogP contribution in [-0.4, -0.2) is 29.9 Å². The molecule has 3 amide bonds. The molecule has 1 fully saturated rings. The van der Waals surface area contributed by atoms with E-state index < -0.39 is 0 Å². The van der Waals surface area contributed by atoms with Crippen molar-refractivity contribution in [3.8, 4) is 0 Å². The molecule has 2 N–H and O–H groups in total. The molecule has 150 valence electrons. The molecule has 1 saturated heterocycles. The first-order chi connectivity index (χ1) is 14.1. The highest BCUT2D eigenvalue weighted by Gasteiger charge is 2.29. The molecule has 6 nitrogen and oxygen atoms in total. The molecule has 2 atom stereocenters. The van der Waals surface area contributed by atoms with Gasteiger partial charge in [0, 0.05) is 24.2 Å². The molecule has 2 unspecified atom stereocenters. The van der Waals surface area contributed by atoms with Crippen molar-refractivity contribution in [2.75, 3.05) is 18.4 Å². The van der Waals surface area contributed by atoms with E-state index in [0.717, 1.165) is 35.3 Å². The number of benzene rings is 2. The standard InChI is InChI=1S/C23H25N3O3/c1-16(21-14-17-8-5-6-12-20(17)29-21)24-22(27)18-9-7-13-26(15-18)23(28)25-19-10-3-2-4-11-19/h2-6,8,10-12,14,16,18H,7,9,13,15H2,1H3,(H,24,27)(H,25,28). The number of carbonyl (C=O) groups excluding carboxylic acids is 2. The van der Waals surface area contributed by atoms with Gasteiger partial charge >= 0.3 is 6.03 Å². The summed E-state index contributed by atoms with van der Waals surface area (Å²) in [5.41, 5.74) is 1.56. The maximum absolute atomic E-state index is 12.8. The summed E-state index contributed by atoms with van der Waals surface area (Å²) in [6.45, 7) is 2.98. The molecule has 2 heterocycles. The normalized spacial score (nSPS) is 17.7. The molecule has 0 saturated carbocycles. The number of nitrogens with zero attached hydrogens (tertiary/aromatic N) is 1. The molecule has 1 aliphatic heterocycles. The van der Waals surface area contributed by atoms with Gasteiger partial charge in [-0.15, -0.1) is 0 Å². The van der Waals surface area contributed by atoms with Gasteiger partial charge in [0.15, 0.2) is 0 Å². The van der Waals surface area contributed by atoms with Gasteiger partial charge in [-0.25, -0.2) is 4.79 Å². The van der Waals surface area contributed by atoms with Crippen LogP contribution in [0.15, 0.2) is 65.1 Å². The summed E-state index contributed by atoms with van der Waals surface area (Å²) in [7, 11) is 0. The zero-order chi connectivity index (χ0) is 20.2. The molecule has 0 radical (unpaired) electrons. The minimum atomic E-state index is -0.233. The minimum Gasteiger partial charge on any atom is -0.459 e. The number of furan rings is 1. The Kier molecular flexibility index (Phi) is 5.51. The molecule has 29 heavy (non-hydrogen) atoms. The first-order valence-electron chi connectivity index (χ1n) is 10.00. The first-order valence-corrected chi connectivity index (χ1v) is 10.00. The van der Waals surface area contributed by atoms with Gasteiger partial charge in [-0.2, -0.15) is 0 Å². The van der Waals surface area contributed by atoms with Gasteiger partial charge in [-0.3, -0.25) is 4.79 Å². The molecule has 1 aliphatic rings. The lowest BCUT2D eigenvalue weighted by molar-refractivity contribution is -0.127. The van der Waals surface area contributed by atoms with Gasteiger partial charge in [0.25, 0.3) is 0 Å². The van der Waals surface area contributed by atoms with E-state index in [1.807, 2.05) is 67.6 Å². The zero-order valence-corrected chi connectivity index (χ0v) is 16.4. The highest BCUT2D eigenvalue weighted by atomic mass is 16.3. The largest absolute Gasteiger partial charge is 0.459 e. The molecular formula is C23H25N3O3. The Balaban J connectivity index is 1.36. The van der Waals surface area contributed by atoms with E-state index in [1.165, 1.54) is 0 Å². The Morgan fingerprint density at radius 1 is 1.10 bits per heavy atom. The predicted molar refractivity (Wildman–Crippen MR) is 113 cm³/mol. The third-order valence-corrected chi connectivity index (χ3v) is 5.33. The first kappa shape index (κ1) is 19.1. The Hall–Kier alpha value is -3.28. The Morgan fingerprint density at radius 3 is 2.66 bits per heavy atom. The zero-order valence-electron chi connectivity index (χ0n) is 16.4. The molecule has 1 aromatic heterocycles. The summed E-state index contributed by atoms with van der Waals surface area (Å²) >= 11 is 0. The number of para-hydroxylation sites is 2. The second-order valence-electron chi connectivity index (χ2n) is 7.50. The number of anilines is 1. The van der Waals surface area contributed by atoms with Crippen LogP contribution in [0.5, 0.6) is 0 Å². The fourth-order valence-electron chi connectivity index (χ4n) is 3.72. The van der Waals surface area contributed by atoms with Crippen molar-refractivity contribution in [1.29, 1.82) is 0 Å². The second kappa shape index (κ2) is 8.39. The average Bonchev–Trinajstić information content (AvgIpc) is 3.19. The molecule has 0 bridgehead atoms. The molecule has 0 spiro atoms. The number of hydrogen-bond donors (Lipinski definition) is 2. The Labute approximate surface area is 169 Å². The van der Waals surface area contributed by atoms with Crippen molar-refractivity contribution in [2.45, 2.75) is 25.8 Å². The lowest BCUT2D eigenvalue weighted by Crippen LogP contribution is -2.47. The maximum atomic E-state index is 12.8. The van der Waals surface area contributed by atoms with E-state index >= 15 is 0 Å². The number of amides is 3. The number of urea groups is 1. The van der Waals surface area contributed by atoms with Gasteiger partial charge in [-0.1, -0.05) is 36.4 Å². The summed E-state index contributed by atoms with van der Waals surface area (Å²) in [6.07, 6.45) is 1.58. The number of hydrogen-bond acceptors (Lipinski definition) is 3. The third kappa shape index (κ3) is 4.42. The van der Waals surface area contributed by atoms with E-state index in [-0.39, 0.29) is 23.9 Å². The number of likely N-dealkylation sites (tertiary alicyclic amines) is 1. The van der Waals surface area contributed by atoms with Crippen LogP contribution in [0.4, 0.5) is 10.5 Å². The van der Waals surface area contributed by atoms with Crippen LogP contribution >= 0.6 is 0 Å². The van der Waals surface area contributed by atoms with Gasteiger partial charge in [0.05, 0.1) is 12.0 Å². The molecule has 6 heteroatoms. The monoisotopic (exact) mass is 391 g/mol. The highest BCUT2D eigenvalue weighted by Crippen LogP contribution is 2.25. The SMILES string of the molecule is CC(NC(=O)C1CCCN(C(=O)Nc2ccccc2)C1)c1cc2ccccc2o1. The number of carbonyl (C=O) groups is 2. The van der Waals surface area contributed by atoms with Crippen LogP contribution in [0.25, 0.3) is 11.0 Å². The van der Waals surface area contributed by atoms with E-state index in [0.29, 0.717) is 13.1 Å². The van der Waals surface area contributed by atoms with Gasteiger partial charge in [0.2, 0.25) is 5.91 Å². The molecule has 4 rings (SSSR count). The summed E-state index contributed by atoms with van der Waals surface area (Å²) in [5.74, 6) is 0.460. The number of fused-ring (bicyclic) bond motifs is 1. The van der Waals surface area contributed by atoms with Crippen LogP contribution < -0.4 is 10.6 Å². The van der Waals surface area contributed by atoms with Crippen molar-refractivity contribution >= 4 is 28.6 Å². The number of nitrogens with one attached hydrogen (secondary N) is 2. The lowest BCUT2D eigenvalue weighted by Gasteiger charge is -2.32. The average molecular weight is 391 g/mol. The molecule has 3 aromatic rings. The summed E-state index contributed by atoms with van der Waals surface area (Å²) in [6, 6.07) is 18.7. The molecule has 0 aliphatic carbocycles. The van der Waals surface area contributed by atoms with E-state index in [1.54, 1.807) is 4.90 Å². The van der Waals surface area contributed by atoms with E-state index in [2.05, 4.69) is 10.6 Å². The van der Waals surface area contributed by atoms with Crippen molar-refractivity contribution in [3.63, 3.8) is 0 Å². The highest BCUT2D eigenvalue weighted by molar-refractivity contribution is 5.90. The summed E-state index contributed by atoms with van der Waals surface area (Å²) in [5, 5.41) is 6.96. The van der Waals surface area contributed by atoms with Crippen LogP contribution in [0.2, 0.25) is 0 Å². The smallest absolute Gasteiger partial charge is 0.321 e. The maximum Gasteiger partial charge on any atom is 0.321 e. The minimum absolute atomic E-state index is 0.0461. The second-order valence-corrected chi connectivity index (χ2v) is 7.50. The molecular weight excluding hydrogens is 366 g/mol. The van der Waals surface area contributed by atoms with Crippen molar-refractivity contribution < 1.29 is 14.0 Å². The fourth-order valence-corrected chi connectivity index (χ4v) is 3.72. The van der Waals surface area contributed by atoms with Gasteiger partial charge in [0.1, 0.15) is 11.3 Å². The summed E-state index contributed by atoms with van der Waals surface area (Å²) < 4.78 is 5.85. The Morgan fingerprint density at radius 2 is 1.86 bits per heavy atom. The lowest BCUT2D eigenvalue weighted by atomic mass is 9.97. The summed E-state index contributed by atoms with van der Waals surface area (Å²) in [4.78, 5) is 27.1. The van der Waals surface area contributed by atoms with E-state index in [9.17, 15) is 9.59 Å². The number of rotatable bonds is 4. The van der Waals surface area contributed by atoms with Crippen LogP contribution in [0.3, 0.4) is 0 Å². The predicted octanol–water partition coefficient (Wildman–Crippen LogP) is 4.55. The van der Waals surface area contributed by atoms with Crippen molar-refractivity contribution in [1.82, 2.24) is 10.2 Å². The fraction of sp³-hybridized carbons (Fsp3) is 0.304. The van der Waals surface area contributed by atoms with Crippen LogP contribution in [0.1, 0.15) is 31.6 Å². The topological polar surface area (TPSA) is 74.6 Å². The van der Waals surface area contributed by atoms with Crippen molar-refractivity contribution in [2.24, 2.45) is 5.92 Å². The Bertz CT molecular complexity index is 966. The van der Waals surface area contributed by atoms with Crippen molar-refractivity contribution in [3.05, 3.63) is 66.4 Å². The quantitative estimate of drug-likeness (QED) is 0.685. The van der Waals surface area contributed by atoms with Gasteiger partial charge < -0.3 is 20.0 Å².